The fraction of sp³-hybridized carbons (Fsp3) is 0.188. The molecular weight excluding hydrogens is 269 g/mol. The molecule has 1 atom stereocenters. The molecule has 2 rings (SSSR count). The third-order valence-electron chi connectivity index (χ3n) is 3.20. The molecule has 0 radical (unpaired) electrons. The van der Waals surface area contributed by atoms with E-state index in [4.69, 9.17) is 4.84 Å². The van der Waals surface area contributed by atoms with Crippen molar-refractivity contribution in [2.24, 2.45) is 0 Å². The lowest BCUT2D eigenvalue weighted by Crippen LogP contribution is -2.30. The van der Waals surface area contributed by atoms with Gasteiger partial charge in [0.2, 0.25) is 0 Å². The first-order chi connectivity index (χ1) is 9.65. The van der Waals surface area contributed by atoms with Gasteiger partial charge in [-0.1, -0.05) is 48.5 Å². The maximum absolute atomic E-state index is 12.3. The van der Waals surface area contributed by atoms with E-state index in [0.717, 1.165) is 5.30 Å². The lowest BCUT2D eigenvalue weighted by Gasteiger charge is -2.20. The summed E-state index contributed by atoms with van der Waals surface area (Å²) in [5, 5.41) is 3.58. The topological polar surface area (TPSA) is 29.5 Å². The zero-order valence-electron chi connectivity index (χ0n) is 11.9. The van der Waals surface area contributed by atoms with Gasteiger partial charge in [0.25, 0.3) is 5.91 Å². The van der Waals surface area contributed by atoms with Crippen LogP contribution >= 0.6 is 7.92 Å². The van der Waals surface area contributed by atoms with E-state index in [9.17, 15) is 4.79 Å². The van der Waals surface area contributed by atoms with Crippen LogP contribution in [-0.4, -0.2) is 31.8 Å². The van der Waals surface area contributed by atoms with Gasteiger partial charge >= 0.3 is 0 Å². The molecule has 0 saturated heterocycles. The molecule has 104 valence electrons. The Morgan fingerprint density at radius 3 is 2.30 bits per heavy atom. The molecule has 20 heavy (non-hydrogen) atoms. The van der Waals surface area contributed by atoms with Gasteiger partial charge in [-0.05, 0) is 31.3 Å². The van der Waals surface area contributed by atoms with E-state index in [2.05, 4.69) is 18.8 Å². The Bertz CT molecular complexity index is 586. The van der Waals surface area contributed by atoms with Gasteiger partial charge < -0.3 is 0 Å². The number of carbonyl (C=O) groups excluding carboxylic acids is 1. The van der Waals surface area contributed by atoms with Crippen molar-refractivity contribution in [3.8, 4) is 0 Å². The van der Waals surface area contributed by atoms with Gasteiger partial charge in [-0.3, -0.25) is 9.63 Å². The molecule has 0 spiro atoms. The Morgan fingerprint density at radius 1 is 1.05 bits per heavy atom. The first-order valence-electron chi connectivity index (χ1n) is 6.35. The number of carbonyl (C=O) groups is 1. The normalized spacial score (nSPS) is 11.9. The summed E-state index contributed by atoms with van der Waals surface area (Å²) in [4.78, 5) is 17.3. The Kier molecular flexibility index (Phi) is 4.89. The van der Waals surface area contributed by atoms with Crippen LogP contribution in [0.2, 0.25) is 0 Å². The molecule has 0 aliphatic heterocycles. The van der Waals surface area contributed by atoms with Crippen molar-refractivity contribution < 1.29 is 9.63 Å². The SMILES string of the molecule is CON(C)C(=O)c1ccccc1P(C)c1ccccc1. The lowest BCUT2D eigenvalue weighted by molar-refractivity contribution is -0.0756. The Labute approximate surface area is 120 Å². The van der Waals surface area contributed by atoms with Crippen LogP contribution in [0, 0.1) is 0 Å². The van der Waals surface area contributed by atoms with Crippen LogP contribution in [0.4, 0.5) is 0 Å². The minimum Gasteiger partial charge on any atom is -0.274 e. The summed E-state index contributed by atoms with van der Waals surface area (Å²) in [5.41, 5.74) is 0.703. The quantitative estimate of drug-likeness (QED) is 0.638. The molecule has 0 aliphatic rings. The highest BCUT2D eigenvalue weighted by Crippen LogP contribution is 2.30. The van der Waals surface area contributed by atoms with Gasteiger partial charge in [-0.15, -0.1) is 0 Å². The van der Waals surface area contributed by atoms with Crippen molar-refractivity contribution >= 4 is 24.4 Å². The van der Waals surface area contributed by atoms with E-state index in [-0.39, 0.29) is 5.91 Å². The van der Waals surface area contributed by atoms with Crippen molar-refractivity contribution in [3.05, 3.63) is 60.2 Å². The van der Waals surface area contributed by atoms with Crippen LogP contribution < -0.4 is 10.6 Å². The molecule has 0 aromatic heterocycles. The molecular formula is C16H18NO2P. The molecule has 0 heterocycles. The fourth-order valence-corrected chi connectivity index (χ4v) is 3.73. The average molecular weight is 287 g/mol. The van der Waals surface area contributed by atoms with E-state index < -0.39 is 7.92 Å². The molecule has 1 unspecified atom stereocenters. The van der Waals surface area contributed by atoms with Crippen molar-refractivity contribution in [2.75, 3.05) is 20.8 Å². The summed E-state index contributed by atoms with van der Waals surface area (Å²) in [6.07, 6.45) is 0. The van der Waals surface area contributed by atoms with Crippen molar-refractivity contribution in [1.29, 1.82) is 0 Å². The minimum atomic E-state index is -0.557. The molecule has 0 aliphatic carbocycles. The highest BCUT2D eigenvalue weighted by atomic mass is 31.1. The maximum Gasteiger partial charge on any atom is 0.277 e. The standard InChI is InChI=1S/C16H18NO2P/c1-17(19-2)16(18)14-11-7-8-12-15(14)20(3)13-9-5-4-6-10-13/h4-12H,1-3H3. The van der Waals surface area contributed by atoms with E-state index in [1.54, 1.807) is 7.05 Å². The second kappa shape index (κ2) is 6.65. The summed E-state index contributed by atoms with van der Waals surface area (Å²) in [5.74, 6) is -0.117. The third-order valence-corrected chi connectivity index (χ3v) is 5.38. The largest absolute Gasteiger partial charge is 0.277 e. The molecule has 1 amide bonds. The van der Waals surface area contributed by atoms with Crippen molar-refractivity contribution in [1.82, 2.24) is 5.06 Å². The monoisotopic (exact) mass is 287 g/mol. The molecule has 0 N–H and O–H groups in total. The van der Waals surface area contributed by atoms with Gasteiger partial charge in [0, 0.05) is 12.6 Å². The second-order valence-electron chi connectivity index (χ2n) is 4.40. The number of nitrogens with zero attached hydrogens (tertiary/aromatic N) is 1. The summed E-state index contributed by atoms with van der Waals surface area (Å²) < 4.78 is 0. The van der Waals surface area contributed by atoms with Crippen molar-refractivity contribution in [3.63, 3.8) is 0 Å². The van der Waals surface area contributed by atoms with Crippen LogP contribution in [0.15, 0.2) is 54.6 Å². The highest BCUT2D eigenvalue weighted by Gasteiger charge is 2.19. The summed E-state index contributed by atoms with van der Waals surface area (Å²) in [7, 11) is 2.56. The summed E-state index contributed by atoms with van der Waals surface area (Å²) in [6.45, 7) is 2.17. The van der Waals surface area contributed by atoms with Crippen LogP contribution in [0.5, 0.6) is 0 Å². The molecule has 3 nitrogen and oxygen atoms in total. The molecule has 2 aromatic carbocycles. The average Bonchev–Trinajstić information content (AvgIpc) is 2.53. The van der Waals surface area contributed by atoms with E-state index in [1.165, 1.54) is 17.5 Å². The number of benzene rings is 2. The molecule has 0 bridgehead atoms. The molecule has 0 saturated carbocycles. The van der Waals surface area contributed by atoms with Crippen LogP contribution in [0.1, 0.15) is 10.4 Å². The van der Waals surface area contributed by atoms with Gasteiger partial charge in [-0.2, -0.15) is 0 Å². The Balaban J connectivity index is 2.40. The second-order valence-corrected chi connectivity index (χ2v) is 6.51. The third kappa shape index (κ3) is 3.06. The summed E-state index contributed by atoms with van der Waals surface area (Å²) in [6, 6.07) is 18.0. The molecule has 4 heteroatoms. The molecule has 0 fully saturated rings. The summed E-state index contributed by atoms with van der Waals surface area (Å²) >= 11 is 0. The van der Waals surface area contributed by atoms with E-state index in [1.807, 2.05) is 42.5 Å². The van der Waals surface area contributed by atoms with E-state index >= 15 is 0 Å². The van der Waals surface area contributed by atoms with Crippen LogP contribution in [-0.2, 0) is 4.84 Å². The number of amides is 1. The number of hydrogen-bond acceptors (Lipinski definition) is 2. The molecule has 2 aromatic rings. The first kappa shape index (κ1) is 14.7. The van der Waals surface area contributed by atoms with E-state index in [0.29, 0.717) is 5.56 Å². The number of hydroxylamine groups is 2. The van der Waals surface area contributed by atoms with Gasteiger partial charge in [-0.25, -0.2) is 5.06 Å². The van der Waals surface area contributed by atoms with Gasteiger partial charge in [0.15, 0.2) is 0 Å². The number of rotatable bonds is 4. The maximum atomic E-state index is 12.3. The zero-order valence-corrected chi connectivity index (χ0v) is 12.8. The zero-order chi connectivity index (χ0) is 14.5. The lowest BCUT2D eigenvalue weighted by atomic mass is 10.2. The first-order valence-corrected chi connectivity index (χ1v) is 8.14. The van der Waals surface area contributed by atoms with Crippen molar-refractivity contribution in [2.45, 2.75) is 0 Å². The smallest absolute Gasteiger partial charge is 0.274 e. The predicted molar refractivity (Wildman–Crippen MR) is 84.1 cm³/mol. The fourth-order valence-electron chi connectivity index (χ4n) is 1.99. The van der Waals surface area contributed by atoms with Gasteiger partial charge in [0.05, 0.1) is 7.11 Å². The Morgan fingerprint density at radius 2 is 1.65 bits per heavy atom. The predicted octanol–water partition coefficient (Wildman–Crippen LogP) is 2.38. The Hall–Kier alpha value is -1.70. The van der Waals surface area contributed by atoms with Crippen LogP contribution in [0.3, 0.4) is 0 Å². The van der Waals surface area contributed by atoms with Gasteiger partial charge in [0.1, 0.15) is 0 Å². The van der Waals surface area contributed by atoms with Crippen LogP contribution in [0.25, 0.3) is 0 Å². The minimum absolute atomic E-state index is 0.117. The number of hydrogen-bond donors (Lipinski definition) is 0. The highest BCUT2D eigenvalue weighted by molar-refractivity contribution is 7.72.